The summed E-state index contributed by atoms with van der Waals surface area (Å²) in [6, 6.07) is 13.2. The molecule has 28 heavy (non-hydrogen) atoms. The van der Waals surface area contributed by atoms with Crippen molar-refractivity contribution in [1.29, 1.82) is 0 Å². The van der Waals surface area contributed by atoms with E-state index in [-0.39, 0.29) is 18.3 Å². The Morgan fingerprint density at radius 1 is 1.18 bits per heavy atom. The molecule has 8 heteroatoms. The molecule has 5 rings (SSSR count). The van der Waals surface area contributed by atoms with E-state index >= 15 is 0 Å². The first-order valence-electron chi connectivity index (χ1n) is 8.67. The molecule has 2 aromatic heterocycles. The van der Waals surface area contributed by atoms with E-state index in [2.05, 4.69) is 41.6 Å². The average molecular weight is 436 g/mol. The molecule has 4 aromatic rings. The lowest BCUT2D eigenvalue weighted by atomic mass is 9.96. The fraction of sp³-hybridized carbons (Fsp3) is 0.100. The number of rotatable bonds is 3. The summed E-state index contributed by atoms with van der Waals surface area (Å²) in [4.78, 5) is 14.2. The van der Waals surface area contributed by atoms with Gasteiger partial charge in [-0.1, -0.05) is 29.4 Å². The zero-order valence-corrected chi connectivity index (χ0v) is 16.1. The standard InChI is InChI=1S/C20H14BrN5O2/c21-13-7-10(5-6-16(13)27)19-12-8-22-20-18(12)17(15(9-23-28)25-26-20)11-3-1-2-4-14(11)24-19/h1-8,19,24,27H,9H2,(H,22,26). The predicted octanol–water partition coefficient (Wildman–Crippen LogP) is 4.87. The first-order valence-corrected chi connectivity index (χ1v) is 9.46. The molecule has 2 aromatic carbocycles. The van der Waals surface area contributed by atoms with E-state index in [1.54, 1.807) is 6.07 Å². The predicted molar refractivity (Wildman–Crippen MR) is 110 cm³/mol. The average Bonchev–Trinajstić information content (AvgIpc) is 3.06. The molecule has 0 fully saturated rings. The number of anilines is 1. The van der Waals surface area contributed by atoms with E-state index < -0.39 is 0 Å². The van der Waals surface area contributed by atoms with Crippen LogP contribution in [0.1, 0.15) is 22.9 Å². The molecule has 7 nitrogen and oxygen atoms in total. The molecule has 0 bridgehead atoms. The SMILES string of the molecule is O=NCc1nnc2[nH]cc3c2c1-c1ccccc1NC3c1ccc(O)c(Br)c1. The highest BCUT2D eigenvalue weighted by Gasteiger charge is 2.28. The van der Waals surface area contributed by atoms with Crippen LogP contribution in [-0.4, -0.2) is 20.3 Å². The fourth-order valence-corrected chi connectivity index (χ4v) is 4.19. The van der Waals surface area contributed by atoms with Crippen molar-refractivity contribution in [2.45, 2.75) is 12.6 Å². The molecule has 1 aliphatic rings. The number of nitrogens with one attached hydrogen (secondary N) is 2. The van der Waals surface area contributed by atoms with Gasteiger partial charge in [0, 0.05) is 34.0 Å². The van der Waals surface area contributed by atoms with Crippen molar-refractivity contribution in [1.82, 2.24) is 15.2 Å². The van der Waals surface area contributed by atoms with Gasteiger partial charge in [0.1, 0.15) is 12.3 Å². The molecule has 0 aliphatic carbocycles. The normalized spacial score (nSPS) is 15.0. The number of phenols is 1. The number of hydrogen-bond acceptors (Lipinski definition) is 6. The number of nitroso groups, excluding NO2 is 1. The molecule has 0 saturated carbocycles. The molecular formula is C20H14BrN5O2. The number of aromatic nitrogens is 3. The Kier molecular flexibility index (Phi) is 3.87. The highest BCUT2D eigenvalue weighted by Crippen LogP contribution is 2.45. The maximum Gasteiger partial charge on any atom is 0.160 e. The van der Waals surface area contributed by atoms with Gasteiger partial charge in [-0.15, -0.1) is 5.10 Å². The number of phenolic OH excluding ortho intramolecular Hbond substituents is 1. The second-order valence-electron chi connectivity index (χ2n) is 6.61. The molecule has 3 heterocycles. The number of hydrogen-bond donors (Lipinski definition) is 3. The van der Waals surface area contributed by atoms with Crippen LogP contribution in [0.4, 0.5) is 5.69 Å². The fourth-order valence-electron chi connectivity index (χ4n) is 3.79. The van der Waals surface area contributed by atoms with Crippen molar-refractivity contribution in [3.63, 3.8) is 0 Å². The van der Waals surface area contributed by atoms with Crippen molar-refractivity contribution in [3.05, 3.63) is 74.9 Å². The lowest BCUT2D eigenvalue weighted by Crippen LogP contribution is -2.11. The first-order chi connectivity index (χ1) is 13.7. The lowest BCUT2D eigenvalue weighted by Gasteiger charge is -2.20. The summed E-state index contributed by atoms with van der Waals surface area (Å²) in [5, 5.41) is 25.9. The van der Waals surface area contributed by atoms with E-state index in [1.165, 1.54) is 0 Å². The molecule has 138 valence electrons. The Balaban J connectivity index is 1.85. The number of halogens is 1. The second kappa shape index (κ2) is 6.42. The van der Waals surface area contributed by atoms with Crippen LogP contribution in [0.5, 0.6) is 5.75 Å². The van der Waals surface area contributed by atoms with Gasteiger partial charge in [-0.2, -0.15) is 10.0 Å². The Morgan fingerprint density at radius 2 is 2.04 bits per heavy atom. The van der Waals surface area contributed by atoms with Gasteiger partial charge in [-0.05, 0) is 39.7 Å². The van der Waals surface area contributed by atoms with Crippen molar-refractivity contribution in [2.24, 2.45) is 5.18 Å². The van der Waals surface area contributed by atoms with Crippen LogP contribution in [0.2, 0.25) is 0 Å². The summed E-state index contributed by atoms with van der Waals surface area (Å²) in [5.41, 5.74) is 5.90. The molecule has 1 atom stereocenters. The quantitative estimate of drug-likeness (QED) is 0.398. The molecule has 1 unspecified atom stereocenters. The summed E-state index contributed by atoms with van der Waals surface area (Å²) < 4.78 is 0.620. The smallest absolute Gasteiger partial charge is 0.160 e. The van der Waals surface area contributed by atoms with Crippen LogP contribution in [0, 0.1) is 4.91 Å². The number of para-hydroxylation sites is 1. The highest BCUT2D eigenvalue weighted by molar-refractivity contribution is 9.10. The van der Waals surface area contributed by atoms with Gasteiger partial charge in [0.2, 0.25) is 0 Å². The summed E-state index contributed by atoms with van der Waals surface area (Å²) in [6.45, 7) is -0.0490. The van der Waals surface area contributed by atoms with E-state index in [4.69, 9.17) is 0 Å². The number of fused-ring (bicyclic) bond motifs is 2. The monoisotopic (exact) mass is 435 g/mol. The minimum Gasteiger partial charge on any atom is -0.507 e. The lowest BCUT2D eigenvalue weighted by molar-refractivity contribution is 0.471. The molecule has 1 aliphatic heterocycles. The van der Waals surface area contributed by atoms with Gasteiger partial charge in [-0.25, -0.2) is 0 Å². The Labute approximate surface area is 167 Å². The number of benzene rings is 2. The van der Waals surface area contributed by atoms with E-state index in [0.717, 1.165) is 33.3 Å². The Bertz CT molecular complexity index is 1240. The number of aromatic hydroxyl groups is 1. The molecular weight excluding hydrogens is 422 g/mol. The van der Waals surface area contributed by atoms with Crippen LogP contribution < -0.4 is 5.32 Å². The van der Waals surface area contributed by atoms with Gasteiger partial charge >= 0.3 is 0 Å². The Hall–Kier alpha value is -3.26. The van der Waals surface area contributed by atoms with Gasteiger partial charge in [0.25, 0.3) is 0 Å². The van der Waals surface area contributed by atoms with Gasteiger partial charge < -0.3 is 15.4 Å². The number of nitrogens with zero attached hydrogens (tertiary/aromatic N) is 3. The molecule has 0 amide bonds. The molecule has 0 saturated heterocycles. The van der Waals surface area contributed by atoms with Crippen LogP contribution in [0.3, 0.4) is 0 Å². The summed E-state index contributed by atoms with van der Waals surface area (Å²) in [7, 11) is 0. The maximum absolute atomic E-state index is 11.0. The molecule has 0 spiro atoms. The highest BCUT2D eigenvalue weighted by atomic mass is 79.9. The van der Waals surface area contributed by atoms with Crippen molar-refractivity contribution in [3.8, 4) is 16.9 Å². The first kappa shape index (κ1) is 16.9. The van der Waals surface area contributed by atoms with Crippen LogP contribution in [-0.2, 0) is 6.54 Å². The minimum absolute atomic E-state index is 0.0490. The van der Waals surface area contributed by atoms with E-state index in [1.807, 2.05) is 42.6 Å². The van der Waals surface area contributed by atoms with Gasteiger partial charge in [0.05, 0.1) is 16.2 Å². The number of H-pyrrole nitrogens is 1. The maximum atomic E-state index is 11.0. The summed E-state index contributed by atoms with van der Waals surface area (Å²) in [5.74, 6) is 0.183. The number of aromatic amines is 1. The summed E-state index contributed by atoms with van der Waals surface area (Å²) in [6.07, 6.45) is 1.91. The third-order valence-electron chi connectivity index (χ3n) is 5.03. The van der Waals surface area contributed by atoms with Crippen LogP contribution in [0.25, 0.3) is 22.2 Å². The third kappa shape index (κ3) is 2.49. The van der Waals surface area contributed by atoms with Crippen molar-refractivity contribution < 1.29 is 5.11 Å². The van der Waals surface area contributed by atoms with E-state index in [9.17, 15) is 10.0 Å². The Morgan fingerprint density at radius 3 is 2.86 bits per heavy atom. The zero-order chi connectivity index (χ0) is 19.3. The largest absolute Gasteiger partial charge is 0.507 e. The van der Waals surface area contributed by atoms with Crippen molar-refractivity contribution >= 4 is 32.7 Å². The molecule has 0 radical (unpaired) electrons. The second-order valence-corrected chi connectivity index (χ2v) is 7.46. The zero-order valence-electron chi connectivity index (χ0n) is 14.5. The molecule has 3 N–H and O–H groups in total. The van der Waals surface area contributed by atoms with E-state index in [0.29, 0.717) is 15.8 Å². The third-order valence-corrected chi connectivity index (χ3v) is 5.66. The van der Waals surface area contributed by atoms with Crippen LogP contribution >= 0.6 is 15.9 Å². The van der Waals surface area contributed by atoms with Gasteiger partial charge in [-0.3, -0.25) is 0 Å². The van der Waals surface area contributed by atoms with Crippen molar-refractivity contribution in [2.75, 3.05) is 5.32 Å². The van der Waals surface area contributed by atoms with Gasteiger partial charge in [0.15, 0.2) is 5.65 Å². The minimum atomic E-state index is -0.186. The summed E-state index contributed by atoms with van der Waals surface area (Å²) >= 11 is 3.40. The topological polar surface area (TPSA) is 103 Å². The van der Waals surface area contributed by atoms with Crippen LogP contribution in [0.15, 0.2) is 58.3 Å².